The molecule has 144 valence electrons. The fourth-order valence-electron chi connectivity index (χ4n) is 4.84. The largest absolute Gasteiger partial charge is 0.492 e. The number of ether oxygens (including phenoxy) is 1. The molecule has 2 fully saturated rings. The standard InChI is InChI=1S/C20H28BrClN2O2/c1-19(2)10-15-11-20(3,12-19)13-24(15)18(25)23-7-4-8-26-17-6-5-14(21)9-16(17)22/h5-6,9,15H,4,7-8,10-13H2,1-3H3,(H,23,25). The third-order valence-corrected chi connectivity index (χ3v) is 6.21. The number of hydrogen-bond donors (Lipinski definition) is 1. The molecule has 0 spiro atoms. The average molecular weight is 444 g/mol. The van der Waals surface area contributed by atoms with Gasteiger partial charge in [-0.3, -0.25) is 0 Å². The molecule has 1 saturated carbocycles. The van der Waals surface area contributed by atoms with Gasteiger partial charge < -0.3 is 15.0 Å². The Morgan fingerprint density at radius 1 is 1.38 bits per heavy atom. The van der Waals surface area contributed by atoms with Crippen LogP contribution in [0.2, 0.25) is 5.02 Å². The number of halogens is 2. The van der Waals surface area contributed by atoms with Crippen molar-refractivity contribution in [2.75, 3.05) is 19.7 Å². The van der Waals surface area contributed by atoms with E-state index in [4.69, 9.17) is 16.3 Å². The van der Waals surface area contributed by atoms with Crippen molar-refractivity contribution in [3.63, 3.8) is 0 Å². The van der Waals surface area contributed by atoms with Gasteiger partial charge in [-0.05, 0) is 54.7 Å². The predicted molar refractivity (Wildman–Crippen MR) is 109 cm³/mol. The lowest BCUT2D eigenvalue weighted by Gasteiger charge is -2.39. The van der Waals surface area contributed by atoms with Crippen molar-refractivity contribution < 1.29 is 9.53 Å². The number of benzene rings is 1. The molecule has 2 amide bonds. The Morgan fingerprint density at radius 3 is 2.88 bits per heavy atom. The number of likely N-dealkylation sites (tertiary alicyclic amines) is 1. The molecule has 0 radical (unpaired) electrons. The fourth-order valence-corrected chi connectivity index (χ4v) is 5.57. The quantitative estimate of drug-likeness (QED) is 0.612. The van der Waals surface area contributed by atoms with Crippen molar-refractivity contribution in [1.29, 1.82) is 0 Å². The molecule has 2 aliphatic rings. The second-order valence-corrected chi connectivity index (χ2v) is 10.2. The number of hydrogen-bond acceptors (Lipinski definition) is 2. The molecule has 1 aromatic rings. The number of carbonyl (C=O) groups excluding carboxylic acids is 1. The summed E-state index contributed by atoms with van der Waals surface area (Å²) in [7, 11) is 0. The van der Waals surface area contributed by atoms with Gasteiger partial charge in [-0.15, -0.1) is 0 Å². The van der Waals surface area contributed by atoms with Gasteiger partial charge in [0.1, 0.15) is 5.75 Å². The first kappa shape index (κ1) is 19.8. The van der Waals surface area contributed by atoms with E-state index in [1.54, 1.807) is 0 Å². The summed E-state index contributed by atoms with van der Waals surface area (Å²) < 4.78 is 6.62. The van der Waals surface area contributed by atoms with Crippen molar-refractivity contribution in [3.05, 3.63) is 27.7 Å². The molecule has 1 N–H and O–H groups in total. The molecule has 0 aromatic heterocycles. The molecule has 4 nitrogen and oxygen atoms in total. The van der Waals surface area contributed by atoms with Gasteiger partial charge in [-0.25, -0.2) is 4.79 Å². The molecule has 3 rings (SSSR count). The molecule has 2 atom stereocenters. The van der Waals surface area contributed by atoms with Gasteiger partial charge >= 0.3 is 6.03 Å². The van der Waals surface area contributed by atoms with Crippen LogP contribution in [0.5, 0.6) is 5.75 Å². The van der Waals surface area contributed by atoms with Crippen LogP contribution in [-0.2, 0) is 0 Å². The molecule has 26 heavy (non-hydrogen) atoms. The van der Waals surface area contributed by atoms with Gasteiger partial charge in [0.15, 0.2) is 0 Å². The number of urea groups is 1. The highest BCUT2D eigenvalue weighted by molar-refractivity contribution is 9.10. The summed E-state index contributed by atoms with van der Waals surface area (Å²) in [6.45, 7) is 8.97. The fraction of sp³-hybridized carbons (Fsp3) is 0.650. The van der Waals surface area contributed by atoms with Gasteiger partial charge in [0.05, 0.1) is 11.6 Å². The molecule has 2 unspecified atom stereocenters. The third kappa shape index (κ3) is 4.66. The maximum Gasteiger partial charge on any atom is 0.317 e. The zero-order valence-corrected chi connectivity index (χ0v) is 18.1. The number of fused-ring (bicyclic) bond motifs is 2. The summed E-state index contributed by atoms with van der Waals surface area (Å²) in [6.07, 6.45) is 4.18. The minimum Gasteiger partial charge on any atom is -0.492 e. The van der Waals surface area contributed by atoms with Gasteiger partial charge in [-0.1, -0.05) is 48.3 Å². The summed E-state index contributed by atoms with van der Waals surface area (Å²) in [5.41, 5.74) is 0.593. The molecule has 1 heterocycles. The molecular weight excluding hydrogens is 416 g/mol. The van der Waals surface area contributed by atoms with E-state index < -0.39 is 0 Å². The molecule has 1 aliphatic heterocycles. The van der Waals surface area contributed by atoms with E-state index in [0.29, 0.717) is 35.4 Å². The lowest BCUT2D eigenvalue weighted by molar-refractivity contribution is 0.129. The zero-order chi connectivity index (χ0) is 18.9. The second kappa shape index (κ2) is 7.59. The molecule has 6 heteroatoms. The van der Waals surface area contributed by atoms with Gasteiger partial charge in [-0.2, -0.15) is 0 Å². The first-order valence-corrected chi connectivity index (χ1v) is 10.5. The Hall–Kier alpha value is -0.940. The Bertz CT molecular complexity index is 682. The van der Waals surface area contributed by atoms with E-state index >= 15 is 0 Å². The van der Waals surface area contributed by atoms with Crippen LogP contribution in [0, 0.1) is 10.8 Å². The van der Waals surface area contributed by atoms with Crippen LogP contribution < -0.4 is 10.1 Å². The monoisotopic (exact) mass is 442 g/mol. The maximum absolute atomic E-state index is 12.6. The van der Waals surface area contributed by atoms with Crippen molar-refractivity contribution >= 4 is 33.6 Å². The van der Waals surface area contributed by atoms with E-state index in [2.05, 4.69) is 46.9 Å². The highest BCUT2D eigenvalue weighted by Crippen LogP contribution is 2.52. The van der Waals surface area contributed by atoms with E-state index in [0.717, 1.165) is 30.3 Å². The highest BCUT2D eigenvalue weighted by Gasteiger charge is 2.50. The third-order valence-electron chi connectivity index (χ3n) is 5.42. The Balaban J connectivity index is 1.42. The van der Waals surface area contributed by atoms with Crippen molar-refractivity contribution in [1.82, 2.24) is 10.2 Å². The first-order chi connectivity index (χ1) is 12.2. The van der Waals surface area contributed by atoms with Crippen LogP contribution in [0.25, 0.3) is 0 Å². The predicted octanol–water partition coefficient (Wildman–Crippen LogP) is 5.48. The lowest BCUT2D eigenvalue weighted by atomic mass is 9.65. The van der Waals surface area contributed by atoms with Crippen LogP contribution in [0.1, 0.15) is 46.5 Å². The Labute approximate surface area is 169 Å². The molecule has 1 aliphatic carbocycles. The van der Waals surface area contributed by atoms with Crippen LogP contribution in [0.4, 0.5) is 4.79 Å². The number of carbonyl (C=O) groups is 1. The second-order valence-electron chi connectivity index (χ2n) is 8.85. The van der Waals surface area contributed by atoms with Crippen LogP contribution in [0.15, 0.2) is 22.7 Å². The molecular formula is C20H28BrClN2O2. The van der Waals surface area contributed by atoms with Crippen LogP contribution in [-0.4, -0.2) is 36.7 Å². The van der Waals surface area contributed by atoms with E-state index in [1.807, 2.05) is 18.2 Å². The summed E-state index contributed by atoms with van der Waals surface area (Å²) in [5.74, 6) is 0.671. The zero-order valence-electron chi connectivity index (χ0n) is 15.8. The normalized spacial score (nSPS) is 26.7. The lowest BCUT2D eigenvalue weighted by Crippen LogP contribution is -2.44. The van der Waals surface area contributed by atoms with E-state index in [9.17, 15) is 4.79 Å². The Morgan fingerprint density at radius 2 is 2.15 bits per heavy atom. The smallest absolute Gasteiger partial charge is 0.317 e. The van der Waals surface area contributed by atoms with Crippen molar-refractivity contribution in [3.8, 4) is 5.75 Å². The van der Waals surface area contributed by atoms with Crippen LogP contribution in [0.3, 0.4) is 0 Å². The molecule has 2 bridgehead atoms. The van der Waals surface area contributed by atoms with Gasteiger partial charge in [0.2, 0.25) is 0 Å². The molecule has 1 aromatic carbocycles. The summed E-state index contributed by atoms with van der Waals surface area (Å²) in [5, 5.41) is 3.64. The first-order valence-electron chi connectivity index (χ1n) is 9.30. The summed E-state index contributed by atoms with van der Waals surface area (Å²) >= 11 is 9.51. The number of rotatable bonds is 5. The number of nitrogens with one attached hydrogen (secondary N) is 1. The minimum atomic E-state index is 0.0677. The van der Waals surface area contributed by atoms with Gasteiger partial charge in [0.25, 0.3) is 0 Å². The van der Waals surface area contributed by atoms with E-state index in [-0.39, 0.29) is 11.4 Å². The highest BCUT2D eigenvalue weighted by atomic mass is 79.9. The van der Waals surface area contributed by atoms with Gasteiger partial charge in [0, 0.05) is 23.6 Å². The van der Waals surface area contributed by atoms with E-state index in [1.165, 1.54) is 6.42 Å². The maximum atomic E-state index is 12.6. The SMILES string of the molecule is CC1(C)CC2CC(C)(CN2C(=O)NCCCOc2ccc(Br)cc2Cl)C1. The summed E-state index contributed by atoms with van der Waals surface area (Å²) in [4.78, 5) is 14.7. The van der Waals surface area contributed by atoms with Crippen molar-refractivity contribution in [2.24, 2.45) is 10.8 Å². The van der Waals surface area contributed by atoms with Crippen LogP contribution >= 0.6 is 27.5 Å². The minimum absolute atomic E-state index is 0.0677. The van der Waals surface area contributed by atoms with Crippen molar-refractivity contribution in [2.45, 2.75) is 52.5 Å². The summed E-state index contributed by atoms with van der Waals surface area (Å²) in [6, 6.07) is 6.00. The Kier molecular flexibility index (Phi) is 5.78. The number of amides is 2. The molecule has 1 saturated heterocycles. The topological polar surface area (TPSA) is 41.6 Å². The average Bonchev–Trinajstić information content (AvgIpc) is 2.77. The number of nitrogens with zero attached hydrogens (tertiary/aromatic N) is 1.